The van der Waals surface area contributed by atoms with Gasteiger partial charge in [0.1, 0.15) is 0 Å². The third kappa shape index (κ3) is 4.84. The van der Waals surface area contributed by atoms with Crippen LogP contribution in [0.2, 0.25) is 0 Å². The second-order valence-electron chi connectivity index (χ2n) is 14.7. The third-order valence-corrected chi connectivity index (χ3v) is 11.6. The molecule has 12 rings (SSSR count). The molecule has 0 saturated carbocycles. The van der Waals surface area contributed by atoms with Crippen LogP contribution in [0.4, 0.5) is 0 Å². The first-order valence-electron chi connectivity index (χ1n) is 19.4. The Morgan fingerprint density at radius 3 is 1.12 bits per heavy atom. The molecule has 57 heavy (non-hydrogen) atoms. The lowest BCUT2D eigenvalue weighted by atomic mass is 10.00. The Labute approximate surface area is 328 Å². The maximum absolute atomic E-state index is 5.31. The minimum absolute atomic E-state index is 0.637. The molecule has 0 spiro atoms. The van der Waals surface area contributed by atoms with E-state index in [1.165, 1.54) is 43.4 Å². The number of benzene rings is 10. The highest BCUT2D eigenvalue weighted by atomic mass is 15.0. The van der Waals surface area contributed by atoms with Crippen LogP contribution in [0.5, 0.6) is 0 Å². The number of nitrogens with zero attached hydrogens (tertiary/aromatic N) is 4. The summed E-state index contributed by atoms with van der Waals surface area (Å²) in [5, 5.41) is 14.2. The average Bonchev–Trinajstić information content (AvgIpc) is 3.63. The summed E-state index contributed by atoms with van der Waals surface area (Å²) in [6.07, 6.45) is 0. The summed E-state index contributed by atoms with van der Waals surface area (Å²) >= 11 is 0. The van der Waals surface area contributed by atoms with Crippen molar-refractivity contribution in [2.45, 2.75) is 0 Å². The number of fused-ring (bicyclic) bond motifs is 10. The van der Waals surface area contributed by atoms with Crippen LogP contribution < -0.4 is 0 Å². The first-order valence-corrected chi connectivity index (χ1v) is 19.4. The van der Waals surface area contributed by atoms with Crippen molar-refractivity contribution in [1.82, 2.24) is 19.5 Å². The molecule has 4 nitrogen and oxygen atoms in total. The summed E-state index contributed by atoms with van der Waals surface area (Å²) in [5.74, 6) is 1.93. The number of hydrogen-bond donors (Lipinski definition) is 0. The summed E-state index contributed by atoms with van der Waals surface area (Å²) in [5.41, 5.74) is 6.37. The predicted molar refractivity (Wildman–Crippen MR) is 238 cm³/mol. The predicted octanol–water partition coefficient (Wildman–Crippen LogP) is 13.7. The molecule has 0 fully saturated rings. The van der Waals surface area contributed by atoms with Crippen molar-refractivity contribution >= 4 is 75.7 Å². The summed E-state index contributed by atoms with van der Waals surface area (Å²) < 4.78 is 2.45. The van der Waals surface area contributed by atoms with Gasteiger partial charge in [-0.05, 0) is 72.7 Å². The van der Waals surface area contributed by atoms with E-state index in [1.54, 1.807) is 0 Å². The normalized spacial score (nSPS) is 11.9. The molecular formula is C53H32N4. The van der Waals surface area contributed by atoms with Crippen LogP contribution in [0.15, 0.2) is 194 Å². The van der Waals surface area contributed by atoms with Crippen LogP contribution in [-0.4, -0.2) is 19.5 Å². The molecule has 0 unspecified atom stereocenters. The van der Waals surface area contributed by atoms with Crippen molar-refractivity contribution < 1.29 is 0 Å². The molecule has 0 N–H and O–H groups in total. The van der Waals surface area contributed by atoms with Crippen LogP contribution in [0.25, 0.3) is 116 Å². The Kier molecular flexibility index (Phi) is 6.89. The molecule has 0 amide bonds. The Balaban J connectivity index is 1.15. The summed E-state index contributed by atoms with van der Waals surface area (Å²) in [6, 6.07) is 69.2. The van der Waals surface area contributed by atoms with Crippen LogP contribution >= 0.6 is 0 Å². The van der Waals surface area contributed by atoms with Crippen molar-refractivity contribution in [3.8, 4) is 39.9 Å². The SMILES string of the molecule is c1ccc2c(-c3nc(-c4cccc5ccccc45)nc(-c4ccc(-n5c6ccc7ccccc7c6c6c7ccccc7ccc65)c5ccccc45)n3)cccc2c1. The molecule has 0 aliphatic carbocycles. The van der Waals surface area contributed by atoms with Gasteiger partial charge in [-0.15, -0.1) is 0 Å². The molecule has 10 aromatic carbocycles. The van der Waals surface area contributed by atoms with E-state index in [4.69, 9.17) is 15.0 Å². The molecule has 4 heteroatoms. The van der Waals surface area contributed by atoms with Gasteiger partial charge in [0.25, 0.3) is 0 Å². The Morgan fingerprint density at radius 1 is 0.263 bits per heavy atom. The van der Waals surface area contributed by atoms with E-state index in [9.17, 15) is 0 Å². The van der Waals surface area contributed by atoms with E-state index in [2.05, 4.69) is 199 Å². The molecule has 0 radical (unpaired) electrons. The van der Waals surface area contributed by atoms with Crippen LogP contribution in [0.3, 0.4) is 0 Å². The minimum atomic E-state index is 0.637. The van der Waals surface area contributed by atoms with Crippen LogP contribution in [0, 0.1) is 0 Å². The van der Waals surface area contributed by atoms with Crippen molar-refractivity contribution in [2.24, 2.45) is 0 Å². The first-order chi connectivity index (χ1) is 28.3. The lowest BCUT2D eigenvalue weighted by Crippen LogP contribution is -2.02. The Hall–Kier alpha value is -7.69. The van der Waals surface area contributed by atoms with Gasteiger partial charge in [-0.3, -0.25) is 0 Å². The van der Waals surface area contributed by atoms with Gasteiger partial charge < -0.3 is 4.57 Å². The lowest BCUT2D eigenvalue weighted by molar-refractivity contribution is 1.08. The molecule has 0 bridgehead atoms. The minimum Gasteiger partial charge on any atom is -0.309 e. The zero-order chi connectivity index (χ0) is 37.5. The molecule has 12 aromatic rings. The monoisotopic (exact) mass is 724 g/mol. The highest BCUT2D eigenvalue weighted by Gasteiger charge is 2.21. The zero-order valence-electron chi connectivity index (χ0n) is 30.8. The second kappa shape index (κ2) is 12.4. The molecule has 0 saturated heterocycles. The topological polar surface area (TPSA) is 43.6 Å². The molecule has 2 heterocycles. The van der Waals surface area contributed by atoms with Crippen molar-refractivity contribution in [2.75, 3.05) is 0 Å². The summed E-state index contributed by atoms with van der Waals surface area (Å²) in [4.78, 5) is 15.9. The van der Waals surface area contributed by atoms with Gasteiger partial charge in [-0.2, -0.15) is 0 Å². The van der Waals surface area contributed by atoms with Crippen molar-refractivity contribution in [1.29, 1.82) is 0 Å². The Morgan fingerprint density at radius 2 is 0.632 bits per heavy atom. The van der Waals surface area contributed by atoms with E-state index in [0.717, 1.165) is 54.7 Å². The standard InChI is InChI=1S/C53H32N4/c1-5-19-37-33(13-1)17-11-25-43(37)51-54-52(44-26-12-18-34-14-2-6-20-38(34)44)56-53(55-51)45-29-32-46(42-24-10-9-23-41(42)45)57-47-30-27-35-15-3-7-21-39(35)49(47)50-40-22-8-4-16-36(40)28-31-48(50)57/h1-32H. The molecule has 0 atom stereocenters. The highest BCUT2D eigenvalue weighted by Crippen LogP contribution is 2.43. The van der Waals surface area contributed by atoms with Crippen LogP contribution in [0.1, 0.15) is 0 Å². The summed E-state index contributed by atoms with van der Waals surface area (Å²) in [7, 11) is 0. The largest absolute Gasteiger partial charge is 0.309 e. The number of rotatable bonds is 4. The Bertz CT molecular complexity index is 3400. The van der Waals surface area contributed by atoms with Gasteiger partial charge in [0.2, 0.25) is 0 Å². The first kappa shape index (κ1) is 31.6. The van der Waals surface area contributed by atoms with Gasteiger partial charge in [0.15, 0.2) is 17.5 Å². The van der Waals surface area contributed by atoms with E-state index >= 15 is 0 Å². The number of hydrogen-bond acceptors (Lipinski definition) is 3. The fourth-order valence-electron chi connectivity index (χ4n) is 9.06. The molecule has 264 valence electrons. The highest BCUT2D eigenvalue weighted by molar-refractivity contribution is 6.29. The van der Waals surface area contributed by atoms with E-state index in [1.807, 2.05) is 0 Å². The second-order valence-corrected chi connectivity index (χ2v) is 14.7. The van der Waals surface area contributed by atoms with E-state index in [0.29, 0.717) is 17.5 Å². The average molecular weight is 725 g/mol. The maximum Gasteiger partial charge on any atom is 0.164 e. The smallest absolute Gasteiger partial charge is 0.164 e. The zero-order valence-corrected chi connectivity index (χ0v) is 30.8. The number of aromatic nitrogens is 4. The molecule has 0 aliphatic rings. The van der Waals surface area contributed by atoms with Gasteiger partial charge >= 0.3 is 0 Å². The quantitative estimate of drug-likeness (QED) is 0.181. The fraction of sp³-hybridized carbons (Fsp3) is 0. The summed E-state index contributed by atoms with van der Waals surface area (Å²) in [6.45, 7) is 0. The van der Waals surface area contributed by atoms with Gasteiger partial charge in [0, 0.05) is 32.8 Å². The lowest BCUT2D eigenvalue weighted by Gasteiger charge is -2.16. The van der Waals surface area contributed by atoms with Gasteiger partial charge in [-0.25, -0.2) is 15.0 Å². The molecule has 2 aromatic heterocycles. The molecular weight excluding hydrogens is 693 g/mol. The van der Waals surface area contributed by atoms with E-state index in [-0.39, 0.29) is 0 Å². The van der Waals surface area contributed by atoms with Crippen molar-refractivity contribution in [3.05, 3.63) is 194 Å². The van der Waals surface area contributed by atoms with E-state index < -0.39 is 0 Å². The molecule has 0 aliphatic heterocycles. The van der Waals surface area contributed by atoms with Gasteiger partial charge in [-0.1, -0.05) is 170 Å². The van der Waals surface area contributed by atoms with Crippen LogP contribution in [-0.2, 0) is 0 Å². The van der Waals surface area contributed by atoms with Gasteiger partial charge in [0.05, 0.1) is 16.7 Å². The fourth-order valence-corrected chi connectivity index (χ4v) is 9.06. The maximum atomic E-state index is 5.31. The van der Waals surface area contributed by atoms with Crippen molar-refractivity contribution in [3.63, 3.8) is 0 Å². The third-order valence-electron chi connectivity index (χ3n) is 11.6.